The maximum atomic E-state index is 5.05. The van der Waals surface area contributed by atoms with Gasteiger partial charge in [-0.2, -0.15) is 0 Å². The summed E-state index contributed by atoms with van der Waals surface area (Å²) < 4.78 is 4.49. The van der Waals surface area contributed by atoms with E-state index in [1.807, 2.05) is 18.7 Å². The van der Waals surface area contributed by atoms with Crippen LogP contribution in [0.5, 0.6) is 0 Å². The molecule has 0 unspecified atom stereocenters. The van der Waals surface area contributed by atoms with Gasteiger partial charge in [0.05, 0.1) is 24.3 Å². The monoisotopic (exact) mass is 337 g/mol. The molecule has 3 rings (SSSR count). The van der Waals surface area contributed by atoms with Gasteiger partial charge >= 0.3 is 0 Å². The smallest absolute Gasteiger partial charge is 0.140 e. The predicted octanol–water partition coefficient (Wildman–Crippen LogP) is 3.66. The van der Waals surface area contributed by atoms with E-state index in [9.17, 15) is 0 Å². The molecule has 2 heterocycles. The van der Waals surface area contributed by atoms with Crippen LogP contribution in [0.15, 0.2) is 49.1 Å². The summed E-state index contributed by atoms with van der Waals surface area (Å²) in [6.45, 7) is 4.87. The van der Waals surface area contributed by atoms with Gasteiger partial charge in [0.25, 0.3) is 0 Å². The molecule has 3 aromatic rings. The van der Waals surface area contributed by atoms with Crippen molar-refractivity contribution in [3.8, 4) is 11.4 Å². The highest BCUT2D eigenvalue weighted by atomic mass is 15.2. The second-order valence-corrected chi connectivity index (χ2v) is 6.67. The van der Waals surface area contributed by atoms with E-state index in [1.54, 1.807) is 0 Å². The Morgan fingerprint density at radius 3 is 2.56 bits per heavy atom. The van der Waals surface area contributed by atoms with Crippen molar-refractivity contribution in [2.75, 3.05) is 14.1 Å². The first kappa shape index (κ1) is 17.4. The summed E-state index contributed by atoms with van der Waals surface area (Å²) in [5, 5.41) is 0. The van der Waals surface area contributed by atoms with Gasteiger partial charge in [0.1, 0.15) is 5.82 Å². The fraction of sp³-hybridized carbons (Fsp3) is 0.400. The average Bonchev–Trinajstić information content (AvgIpc) is 3.23. The van der Waals surface area contributed by atoms with Crippen LogP contribution in [0.25, 0.3) is 11.4 Å². The number of unbranched alkanes of at least 4 members (excludes halogenated alkanes) is 1. The molecule has 132 valence electrons. The Labute approximate surface area is 150 Å². The fourth-order valence-electron chi connectivity index (χ4n) is 3.06. The standard InChI is InChI=1S/C20H27N5/c1-4-5-12-25-19(15-23(2)3)18(14-24-13-11-21-16-24)22-20(25)17-9-7-6-8-10-17/h6-11,13,16H,4-5,12,14-15H2,1-3H3. The third kappa shape index (κ3) is 4.17. The second kappa shape index (κ2) is 8.12. The first-order valence-corrected chi connectivity index (χ1v) is 8.93. The van der Waals surface area contributed by atoms with Crippen LogP contribution >= 0.6 is 0 Å². The topological polar surface area (TPSA) is 38.9 Å². The van der Waals surface area contributed by atoms with Crippen LogP contribution in [-0.2, 0) is 19.6 Å². The normalized spacial score (nSPS) is 11.4. The van der Waals surface area contributed by atoms with Gasteiger partial charge in [0.15, 0.2) is 0 Å². The van der Waals surface area contributed by atoms with Gasteiger partial charge in [0.2, 0.25) is 0 Å². The zero-order chi connectivity index (χ0) is 17.6. The number of hydrogen-bond donors (Lipinski definition) is 0. The van der Waals surface area contributed by atoms with Crippen molar-refractivity contribution in [3.05, 3.63) is 60.4 Å². The number of rotatable bonds is 8. The molecule has 0 fully saturated rings. The third-order valence-corrected chi connectivity index (χ3v) is 4.28. The SMILES string of the molecule is CCCCn1c(-c2ccccc2)nc(Cn2ccnc2)c1CN(C)C. The van der Waals surface area contributed by atoms with Gasteiger partial charge in [-0.1, -0.05) is 43.7 Å². The fourth-order valence-corrected chi connectivity index (χ4v) is 3.06. The molecule has 5 heteroatoms. The minimum absolute atomic E-state index is 0.752. The van der Waals surface area contributed by atoms with E-state index in [4.69, 9.17) is 4.98 Å². The maximum absolute atomic E-state index is 5.05. The molecule has 5 nitrogen and oxygen atoms in total. The lowest BCUT2D eigenvalue weighted by Crippen LogP contribution is -2.17. The van der Waals surface area contributed by atoms with Gasteiger partial charge in [-0.15, -0.1) is 0 Å². The molecule has 0 amide bonds. The van der Waals surface area contributed by atoms with Crippen LogP contribution in [0.4, 0.5) is 0 Å². The number of aromatic nitrogens is 4. The van der Waals surface area contributed by atoms with E-state index < -0.39 is 0 Å². The van der Waals surface area contributed by atoms with E-state index >= 15 is 0 Å². The number of imidazole rings is 2. The number of hydrogen-bond acceptors (Lipinski definition) is 3. The predicted molar refractivity (Wildman–Crippen MR) is 101 cm³/mol. The van der Waals surface area contributed by atoms with Crippen molar-refractivity contribution in [1.82, 2.24) is 24.0 Å². The largest absolute Gasteiger partial charge is 0.331 e. The molecule has 0 aliphatic carbocycles. The minimum Gasteiger partial charge on any atom is -0.331 e. The van der Waals surface area contributed by atoms with E-state index in [0.29, 0.717) is 0 Å². The Bertz CT molecular complexity index is 772. The van der Waals surface area contributed by atoms with Gasteiger partial charge < -0.3 is 14.0 Å². The Morgan fingerprint density at radius 2 is 1.92 bits per heavy atom. The number of nitrogens with zero attached hydrogens (tertiary/aromatic N) is 5. The van der Waals surface area contributed by atoms with Crippen LogP contribution in [0.3, 0.4) is 0 Å². The summed E-state index contributed by atoms with van der Waals surface area (Å²) in [6, 6.07) is 10.5. The van der Waals surface area contributed by atoms with Crippen LogP contribution in [0.2, 0.25) is 0 Å². The molecular weight excluding hydrogens is 310 g/mol. The van der Waals surface area contributed by atoms with Crippen molar-refractivity contribution in [2.24, 2.45) is 0 Å². The second-order valence-electron chi connectivity index (χ2n) is 6.67. The van der Waals surface area contributed by atoms with E-state index in [0.717, 1.165) is 37.6 Å². The van der Waals surface area contributed by atoms with Gasteiger partial charge in [-0.25, -0.2) is 9.97 Å². The molecule has 0 atom stereocenters. The van der Waals surface area contributed by atoms with Crippen molar-refractivity contribution >= 4 is 0 Å². The summed E-state index contributed by atoms with van der Waals surface area (Å²) in [7, 11) is 4.22. The van der Waals surface area contributed by atoms with E-state index in [-0.39, 0.29) is 0 Å². The minimum atomic E-state index is 0.752. The average molecular weight is 337 g/mol. The molecule has 0 spiro atoms. The molecular formula is C20H27N5. The molecule has 0 N–H and O–H groups in total. The summed E-state index contributed by atoms with van der Waals surface area (Å²) >= 11 is 0. The van der Waals surface area contributed by atoms with Crippen molar-refractivity contribution in [1.29, 1.82) is 0 Å². The van der Waals surface area contributed by atoms with Gasteiger partial charge in [-0.3, -0.25) is 0 Å². The van der Waals surface area contributed by atoms with Crippen molar-refractivity contribution in [3.63, 3.8) is 0 Å². The summed E-state index contributed by atoms with van der Waals surface area (Å²) in [5.41, 5.74) is 3.60. The lowest BCUT2D eigenvalue weighted by atomic mass is 10.2. The Morgan fingerprint density at radius 1 is 1.12 bits per heavy atom. The highest BCUT2D eigenvalue weighted by molar-refractivity contribution is 5.57. The summed E-state index contributed by atoms with van der Waals surface area (Å²) in [5.74, 6) is 1.07. The lowest BCUT2D eigenvalue weighted by Gasteiger charge is -2.16. The molecule has 1 aromatic carbocycles. The molecule has 0 radical (unpaired) electrons. The van der Waals surface area contributed by atoms with Crippen molar-refractivity contribution in [2.45, 2.75) is 39.4 Å². The zero-order valence-corrected chi connectivity index (χ0v) is 15.4. The zero-order valence-electron chi connectivity index (χ0n) is 15.4. The number of benzene rings is 1. The Kier molecular flexibility index (Phi) is 5.66. The molecule has 0 saturated carbocycles. The first-order valence-electron chi connectivity index (χ1n) is 8.93. The summed E-state index contributed by atoms with van der Waals surface area (Å²) in [6.07, 6.45) is 7.99. The summed E-state index contributed by atoms with van der Waals surface area (Å²) in [4.78, 5) is 11.4. The molecule has 0 aliphatic heterocycles. The molecule has 0 saturated heterocycles. The maximum Gasteiger partial charge on any atom is 0.140 e. The Balaban J connectivity index is 2.07. The van der Waals surface area contributed by atoms with Crippen LogP contribution in [0, 0.1) is 0 Å². The molecule has 0 bridgehead atoms. The van der Waals surface area contributed by atoms with E-state index in [2.05, 4.69) is 70.4 Å². The first-order chi connectivity index (χ1) is 12.2. The van der Waals surface area contributed by atoms with Crippen LogP contribution in [0.1, 0.15) is 31.2 Å². The molecule has 2 aromatic heterocycles. The van der Waals surface area contributed by atoms with Crippen LogP contribution in [-0.4, -0.2) is 38.1 Å². The lowest BCUT2D eigenvalue weighted by molar-refractivity contribution is 0.384. The van der Waals surface area contributed by atoms with Crippen molar-refractivity contribution < 1.29 is 0 Å². The highest BCUT2D eigenvalue weighted by Gasteiger charge is 2.18. The van der Waals surface area contributed by atoms with Gasteiger partial charge in [-0.05, 0) is 20.5 Å². The molecule has 0 aliphatic rings. The molecule has 25 heavy (non-hydrogen) atoms. The van der Waals surface area contributed by atoms with E-state index in [1.165, 1.54) is 17.7 Å². The Hall–Kier alpha value is -2.40. The van der Waals surface area contributed by atoms with Crippen LogP contribution < -0.4 is 0 Å². The highest BCUT2D eigenvalue weighted by Crippen LogP contribution is 2.25. The van der Waals surface area contributed by atoms with Gasteiger partial charge in [0, 0.05) is 31.0 Å². The third-order valence-electron chi connectivity index (χ3n) is 4.28. The quantitative estimate of drug-likeness (QED) is 0.630.